The highest BCUT2D eigenvalue weighted by Gasteiger charge is 2.33. The molecule has 90 valence electrons. The average molecular weight is 230 g/mol. The molecule has 0 saturated carbocycles. The Morgan fingerprint density at radius 1 is 1.33 bits per heavy atom. The molecule has 4 N–H and O–H groups in total. The van der Waals surface area contributed by atoms with Crippen molar-refractivity contribution >= 4 is 8.07 Å². The van der Waals surface area contributed by atoms with Crippen LogP contribution in [0.3, 0.4) is 0 Å². The first-order chi connectivity index (χ1) is 7.02. The molecule has 4 heteroatoms. The molecule has 1 aliphatic heterocycles. The van der Waals surface area contributed by atoms with Crippen molar-refractivity contribution in [1.29, 1.82) is 0 Å². The molecule has 1 unspecified atom stereocenters. The predicted octanol–water partition coefficient (Wildman–Crippen LogP) is 1.83. The highest BCUT2D eigenvalue weighted by atomic mass is 28.3. The molecule has 0 bridgehead atoms. The molecule has 0 radical (unpaired) electrons. The summed E-state index contributed by atoms with van der Waals surface area (Å²) in [5, 5.41) is 0. The van der Waals surface area contributed by atoms with E-state index in [1.165, 1.54) is 25.3 Å². The normalized spacial score (nSPS) is 23.4. The first-order valence-corrected chi connectivity index (χ1v) is 9.43. The number of hydrogen-bond donors (Lipinski definition) is 2. The largest absolute Gasteiger partial charge is 0.382 e. The Morgan fingerprint density at radius 2 is 2.07 bits per heavy atom. The standard InChI is InChI=1S/C11H26N2OSi/c1-15(2,9-5-6-10(12)13)11-7-3-4-8-14-11/h10-11H,3-9,12-13H2,1-2H3. The van der Waals surface area contributed by atoms with Gasteiger partial charge in [0.25, 0.3) is 0 Å². The van der Waals surface area contributed by atoms with Crippen LogP contribution in [0.2, 0.25) is 19.1 Å². The summed E-state index contributed by atoms with van der Waals surface area (Å²) in [6, 6.07) is 1.29. The van der Waals surface area contributed by atoms with Crippen LogP contribution >= 0.6 is 0 Å². The molecule has 0 aromatic heterocycles. The Labute approximate surface area is 94.6 Å². The lowest BCUT2D eigenvalue weighted by Crippen LogP contribution is -2.45. The van der Waals surface area contributed by atoms with E-state index in [0.29, 0.717) is 5.73 Å². The molecule has 1 heterocycles. The Bertz CT molecular complexity index is 179. The number of rotatable bonds is 5. The second kappa shape index (κ2) is 5.99. The Morgan fingerprint density at radius 3 is 2.60 bits per heavy atom. The molecule has 15 heavy (non-hydrogen) atoms. The molecule has 1 rings (SSSR count). The summed E-state index contributed by atoms with van der Waals surface area (Å²) >= 11 is 0. The zero-order chi connectivity index (χ0) is 11.3. The van der Waals surface area contributed by atoms with E-state index in [4.69, 9.17) is 16.2 Å². The van der Waals surface area contributed by atoms with E-state index in [0.717, 1.165) is 19.4 Å². The topological polar surface area (TPSA) is 61.3 Å². The van der Waals surface area contributed by atoms with Crippen LogP contribution in [0.5, 0.6) is 0 Å². The quantitative estimate of drug-likeness (QED) is 0.559. The minimum atomic E-state index is -1.20. The van der Waals surface area contributed by atoms with Crippen LogP contribution in [0.4, 0.5) is 0 Å². The molecule has 0 aromatic carbocycles. The molecule has 0 spiro atoms. The molecule has 3 nitrogen and oxygen atoms in total. The molecular formula is C11H26N2OSi. The molecule has 0 amide bonds. The summed E-state index contributed by atoms with van der Waals surface area (Å²) in [7, 11) is -1.20. The Kier molecular flexibility index (Phi) is 5.25. The highest BCUT2D eigenvalue weighted by molar-refractivity contribution is 6.78. The molecule has 1 saturated heterocycles. The van der Waals surface area contributed by atoms with Gasteiger partial charge in [0.2, 0.25) is 0 Å². The van der Waals surface area contributed by atoms with E-state index >= 15 is 0 Å². The van der Waals surface area contributed by atoms with Gasteiger partial charge in [-0.25, -0.2) is 0 Å². The second-order valence-corrected chi connectivity index (χ2v) is 10.5. The van der Waals surface area contributed by atoms with Crippen molar-refractivity contribution in [3.05, 3.63) is 0 Å². The molecule has 1 aliphatic rings. The third-order valence-corrected chi connectivity index (χ3v) is 7.25. The molecule has 0 aliphatic carbocycles. The molecule has 0 aromatic rings. The van der Waals surface area contributed by atoms with Gasteiger partial charge in [0, 0.05) is 12.3 Å². The van der Waals surface area contributed by atoms with Crippen LogP contribution in [0.1, 0.15) is 32.1 Å². The smallest absolute Gasteiger partial charge is 0.0815 e. The minimum absolute atomic E-state index is 0.137. The average Bonchev–Trinajstić information content (AvgIpc) is 2.18. The van der Waals surface area contributed by atoms with Crippen molar-refractivity contribution < 1.29 is 4.74 Å². The SMILES string of the molecule is C[Si](C)(CCCC(N)N)C1CCCCO1. The first kappa shape index (κ1) is 13.2. The van der Waals surface area contributed by atoms with Gasteiger partial charge >= 0.3 is 0 Å². The van der Waals surface area contributed by atoms with Crippen LogP contribution in [0, 0.1) is 0 Å². The van der Waals surface area contributed by atoms with E-state index in [1.54, 1.807) is 0 Å². The van der Waals surface area contributed by atoms with Gasteiger partial charge in [0.1, 0.15) is 0 Å². The maximum Gasteiger partial charge on any atom is 0.0815 e. The monoisotopic (exact) mass is 230 g/mol. The molecule has 1 atom stereocenters. The summed E-state index contributed by atoms with van der Waals surface area (Å²) in [5.41, 5.74) is 11.7. The van der Waals surface area contributed by atoms with Gasteiger partial charge in [-0.05, 0) is 25.7 Å². The fraction of sp³-hybridized carbons (Fsp3) is 1.00. The van der Waals surface area contributed by atoms with Crippen LogP contribution in [-0.2, 0) is 4.74 Å². The minimum Gasteiger partial charge on any atom is -0.382 e. The lowest BCUT2D eigenvalue weighted by molar-refractivity contribution is 0.0597. The lowest BCUT2D eigenvalue weighted by Gasteiger charge is -2.35. The van der Waals surface area contributed by atoms with Gasteiger partial charge in [-0.2, -0.15) is 0 Å². The molecular weight excluding hydrogens is 204 g/mol. The van der Waals surface area contributed by atoms with Crippen molar-refractivity contribution in [3.8, 4) is 0 Å². The maximum absolute atomic E-state index is 5.90. The van der Waals surface area contributed by atoms with E-state index in [9.17, 15) is 0 Å². The number of hydrogen-bond acceptors (Lipinski definition) is 3. The van der Waals surface area contributed by atoms with Gasteiger partial charge in [-0.3, -0.25) is 0 Å². The lowest BCUT2D eigenvalue weighted by atomic mass is 10.2. The third-order valence-electron chi connectivity index (χ3n) is 3.41. The Hall–Kier alpha value is 0.0969. The van der Waals surface area contributed by atoms with Crippen molar-refractivity contribution in [2.45, 2.75) is 63.1 Å². The third kappa shape index (κ3) is 4.63. The van der Waals surface area contributed by atoms with Gasteiger partial charge in [0.15, 0.2) is 0 Å². The zero-order valence-corrected chi connectivity index (χ0v) is 11.2. The Balaban J connectivity index is 2.29. The van der Waals surface area contributed by atoms with E-state index in [2.05, 4.69) is 13.1 Å². The number of ether oxygens (including phenoxy) is 1. The molecule has 1 fully saturated rings. The van der Waals surface area contributed by atoms with Gasteiger partial charge in [-0.15, -0.1) is 0 Å². The summed E-state index contributed by atoms with van der Waals surface area (Å²) in [4.78, 5) is 0. The predicted molar refractivity (Wildman–Crippen MR) is 67.3 cm³/mol. The van der Waals surface area contributed by atoms with Crippen molar-refractivity contribution in [2.75, 3.05) is 6.61 Å². The fourth-order valence-corrected chi connectivity index (χ4v) is 5.30. The van der Waals surface area contributed by atoms with Crippen molar-refractivity contribution in [1.82, 2.24) is 0 Å². The van der Waals surface area contributed by atoms with E-state index in [-0.39, 0.29) is 6.17 Å². The number of nitrogens with two attached hydrogens (primary N) is 2. The zero-order valence-electron chi connectivity index (χ0n) is 10.2. The van der Waals surface area contributed by atoms with E-state index in [1.807, 2.05) is 0 Å². The summed E-state index contributed by atoms with van der Waals surface area (Å²) in [5.74, 6) is 0. The van der Waals surface area contributed by atoms with Crippen LogP contribution in [0.25, 0.3) is 0 Å². The summed E-state index contributed by atoms with van der Waals surface area (Å²) < 4.78 is 5.90. The fourth-order valence-electron chi connectivity index (χ4n) is 2.31. The van der Waals surface area contributed by atoms with Crippen LogP contribution in [0.15, 0.2) is 0 Å². The van der Waals surface area contributed by atoms with Crippen molar-refractivity contribution in [3.63, 3.8) is 0 Å². The second-order valence-electron chi connectivity index (χ2n) is 5.40. The summed E-state index contributed by atoms with van der Waals surface area (Å²) in [6.07, 6.45) is 5.84. The van der Waals surface area contributed by atoms with Crippen molar-refractivity contribution in [2.24, 2.45) is 11.5 Å². The summed E-state index contributed by atoms with van der Waals surface area (Å²) in [6.45, 7) is 5.84. The highest BCUT2D eigenvalue weighted by Crippen LogP contribution is 2.26. The maximum atomic E-state index is 5.90. The van der Waals surface area contributed by atoms with E-state index < -0.39 is 8.07 Å². The van der Waals surface area contributed by atoms with Crippen LogP contribution < -0.4 is 11.5 Å². The van der Waals surface area contributed by atoms with Gasteiger partial charge in [-0.1, -0.05) is 25.6 Å². The van der Waals surface area contributed by atoms with Crippen LogP contribution in [-0.4, -0.2) is 26.6 Å². The first-order valence-electron chi connectivity index (χ1n) is 6.15. The van der Waals surface area contributed by atoms with Gasteiger partial charge < -0.3 is 16.2 Å². The van der Waals surface area contributed by atoms with Gasteiger partial charge in [0.05, 0.1) is 14.2 Å².